The van der Waals surface area contributed by atoms with E-state index in [1.807, 2.05) is 0 Å². The monoisotopic (exact) mass is 354 g/mol. The summed E-state index contributed by atoms with van der Waals surface area (Å²) in [5.74, 6) is -0.604. The third kappa shape index (κ3) is 3.62. The van der Waals surface area contributed by atoms with Gasteiger partial charge in [0.1, 0.15) is 5.82 Å². The van der Waals surface area contributed by atoms with Crippen LogP contribution in [0.25, 0.3) is 0 Å². The average Bonchev–Trinajstić information content (AvgIpc) is 2.86. The number of hydrogen-bond acceptors (Lipinski definition) is 4. The maximum absolute atomic E-state index is 13.0. The number of nitrogens with one attached hydrogen (secondary N) is 1. The van der Waals surface area contributed by atoms with Crippen molar-refractivity contribution in [2.75, 3.05) is 13.1 Å². The van der Waals surface area contributed by atoms with Crippen LogP contribution >= 0.6 is 0 Å². The number of sulfone groups is 1. The van der Waals surface area contributed by atoms with Crippen molar-refractivity contribution < 1.29 is 17.6 Å². The van der Waals surface area contributed by atoms with Gasteiger partial charge in [-0.05, 0) is 50.5 Å². The first kappa shape index (κ1) is 17.4. The van der Waals surface area contributed by atoms with Crippen LogP contribution in [0.2, 0.25) is 0 Å². The molecule has 2 saturated heterocycles. The predicted molar refractivity (Wildman–Crippen MR) is 88.8 cm³/mol. The van der Waals surface area contributed by atoms with Gasteiger partial charge in [0.15, 0.2) is 9.84 Å². The van der Waals surface area contributed by atoms with E-state index in [0.29, 0.717) is 25.2 Å². The molecule has 2 bridgehead atoms. The molecule has 3 unspecified atom stereocenters. The van der Waals surface area contributed by atoms with E-state index in [-0.39, 0.29) is 17.2 Å². The van der Waals surface area contributed by atoms with Gasteiger partial charge in [-0.15, -0.1) is 0 Å². The van der Waals surface area contributed by atoms with Gasteiger partial charge in [-0.25, -0.2) is 12.8 Å². The Morgan fingerprint density at radius 2 is 1.92 bits per heavy atom. The third-order valence-corrected chi connectivity index (χ3v) is 7.17. The summed E-state index contributed by atoms with van der Waals surface area (Å²) in [4.78, 5) is 14.4. The smallest absolute Gasteiger partial charge is 0.223 e. The lowest BCUT2D eigenvalue weighted by Gasteiger charge is -2.25. The van der Waals surface area contributed by atoms with E-state index in [0.717, 1.165) is 31.4 Å². The first-order valence-corrected chi connectivity index (χ1v) is 9.94. The fourth-order valence-corrected chi connectivity index (χ4v) is 4.85. The maximum Gasteiger partial charge on any atom is 0.223 e. The van der Waals surface area contributed by atoms with E-state index in [9.17, 15) is 17.6 Å². The lowest BCUT2D eigenvalue weighted by molar-refractivity contribution is -0.131. The second-order valence-corrected chi connectivity index (χ2v) is 9.15. The normalized spacial score (nSPS) is 25.3. The molecule has 0 aliphatic carbocycles. The molecule has 24 heavy (non-hydrogen) atoms. The average molecular weight is 354 g/mol. The predicted octanol–water partition coefficient (Wildman–Crippen LogP) is 1.73. The van der Waals surface area contributed by atoms with Crippen molar-refractivity contribution >= 4 is 15.7 Å². The molecule has 0 spiro atoms. The Hall–Kier alpha value is -1.47. The molecule has 2 aliphatic rings. The van der Waals surface area contributed by atoms with Gasteiger partial charge in [0, 0.05) is 31.6 Å². The van der Waals surface area contributed by atoms with Crippen LogP contribution in [0.3, 0.4) is 0 Å². The zero-order chi connectivity index (χ0) is 17.3. The SMILES string of the molecule is CC(CC(=O)N1CCC2CCC(C1)N2)S(=O)(=O)c1ccc(F)cc1. The number of hydrogen-bond donors (Lipinski definition) is 1. The summed E-state index contributed by atoms with van der Waals surface area (Å²) >= 11 is 0. The molecule has 132 valence electrons. The van der Waals surface area contributed by atoms with Crippen LogP contribution in [0.5, 0.6) is 0 Å². The topological polar surface area (TPSA) is 66.5 Å². The van der Waals surface area contributed by atoms with Crippen LogP contribution in [0.1, 0.15) is 32.6 Å². The van der Waals surface area contributed by atoms with E-state index >= 15 is 0 Å². The molecule has 2 fully saturated rings. The van der Waals surface area contributed by atoms with Crippen molar-refractivity contribution in [3.05, 3.63) is 30.1 Å². The Balaban J connectivity index is 1.66. The molecular weight excluding hydrogens is 331 g/mol. The summed E-state index contributed by atoms with van der Waals surface area (Å²) in [6.07, 6.45) is 3.10. The van der Waals surface area contributed by atoms with Gasteiger partial charge >= 0.3 is 0 Å². The first-order valence-electron chi connectivity index (χ1n) is 8.39. The highest BCUT2D eigenvalue weighted by Crippen LogP contribution is 2.23. The minimum absolute atomic E-state index is 0.0445. The number of benzene rings is 1. The number of nitrogens with zero attached hydrogens (tertiary/aromatic N) is 1. The summed E-state index contributed by atoms with van der Waals surface area (Å²) in [5, 5.41) is 2.67. The second-order valence-electron chi connectivity index (χ2n) is 6.78. The molecule has 3 rings (SSSR count). The molecule has 0 radical (unpaired) electrons. The molecule has 2 heterocycles. The molecule has 0 saturated carbocycles. The number of likely N-dealkylation sites (tertiary alicyclic amines) is 1. The largest absolute Gasteiger partial charge is 0.341 e. The number of halogens is 1. The molecule has 1 aromatic carbocycles. The van der Waals surface area contributed by atoms with E-state index < -0.39 is 20.9 Å². The Morgan fingerprint density at radius 1 is 1.25 bits per heavy atom. The van der Waals surface area contributed by atoms with E-state index in [1.165, 1.54) is 12.1 Å². The number of fused-ring (bicyclic) bond motifs is 2. The first-order chi connectivity index (χ1) is 11.4. The molecule has 1 amide bonds. The van der Waals surface area contributed by atoms with Crippen LogP contribution in [0.15, 0.2) is 29.2 Å². The van der Waals surface area contributed by atoms with Gasteiger partial charge in [-0.1, -0.05) is 0 Å². The molecule has 3 atom stereocenters. The quantitative estimate of drug-likeness (QED) is 0.837. The summed E-state index contributed by atoms with van der Waals surface area (Å²) in [6.45, 7) is 2.87. The number of amides is 1. The summed E-state index contributed by atoms with van der Waals surface area (Å²) < 4.78 is 38.1. The van der Waals surface area contributed by atoms with Crippen LogP contribution in [0, 0.1) is 5.82 Å². The molecule has 1 aromatic rings. The van der Waals surface area contributed by atoms with Crippen molar-refractivity contribution in [2.24, 2.45) is 0 Å². The molecule has 2 aliphatic heterocycles. The lowest BCUT2D eigenvalue weighted by Crippen LogP contribution is -2.40. The highest BCUT2D eigenvalue weighted by Gasteiger charge is 2.33. The summed E-state index contributed by atoms with van der Waals surface area (Å²) in [7, 11) is -3.64. The van der Waals surface area contributed by atoms with Crippen LogP contribution in [0.4, 0.5) is 4.39 Å². The van der Waals surface area contributed by atoms with Gasteiger partial charge in [-0.3, -0.25) is 4.79 Å². The number of carbonyl (C=O) groups is 1. The number of rotatable bonds is 4. The highest BCUT2D eigenvalue weighted by molar-refractivity contribution is 7.92. The van der Waals surface area contributed by atoms with Crippen molar-refractivity contribution in [2.45, 2.75) is 54.8 Å². The molecular formula is C17H23FN2O3S. The Bertz CT molecular complexity index is 705. The highest BCUT2D eigenvalue weighted by atomic mass is 32.2. The number of carbonyl (C=O) groups excluding carboxylic acids is 1. The molecule has 0 aromatic heterocycles. The molecule has 1 N–H and O–H groups in total. The van der Waals surface area contributed by atoms with Crippen molar-refractivity contribution in [1.82, 2.24) is 10.2 Å². The van der Waals surface area contributed by atoms with Gasteiger partial charge in [-0.2, -0.15) is 0 Å². The molecule has 5 nitrogen and oxygen atoms in total. The van der Waals surface area contributed by atoms with Crippen LogP contribution in [-0.2, 0) is 14.6 Å². The van der Waals surface area contributed by atoms with Crippen molar-refractivity contribution in [3.8, 4) is 0 Å². The fraction of sp³-hybridized carbons (Fsp3) is 0.588. The second kappa shape index (κ2) is 6.80. The van der Waals surface area contributed by atoms with E-state index in [2.05, 4.69) is 5.32 Å². The summed E-state index contributed by atoms with van der Waals surface area (Å²) in [6, 6.07) is 5.55. The van der Waals surface area contributed by atoms with Crippen LogP contribution < -0.4 is 5.32 Å². The van der Waals surface area contributed by atoms with Gasteiger partial charge in [0.05, 0.1) is 10.1 Å². The minimum atomic E-state index is -3.64. The van der Waals surface area contributed by atoms with Crippen molar-refractivity contribution in [1.29, 1.82) is 0 Å². The van der Waals surface area contributed by atoms with Crippen molar-refractivity contribution in [3.63, 3.8) is 0 Å². The zero-order valence-corrected chi connectivity index (χ0v) is 14.6. The Kier molecular flexibility index (Phi) is 4.92. The third-order valence-electron chi connectivity index (χ3n) is 5.01. The Morgan fingerprint density at radius 3 is 2.62 bits per heavy atom. The minimum Gasteiger partial charge on any atom is -0.341 e. The zero-order valence-electron chi connectivity index (χ0n) is 13.7. The maximum atomic E-state index is 13.0. The van der Waals surface area contributed by atoms with Crippen LogP contribution in [-0.4, -0.2) is 49.6 Å². The van der Waals surface area contributed by atoms with E-state index in [1.54, 1.807) is 11.8 Å². The van der Waals surface area contributed by atoms with Gasteiger partial charge in [0.25, 0.3) is 0 Å². The Labute approximate surface area is 142 Å². The standard InChI is InChI=1S/C17H23FN2O3S/c1-12(24(22,23)16-6-2-13(18)3-7-16)10-17(21)20-9-8-14-4-5-15(11-20)19-14/h2-3,6-7,12,14-15,19H,4-5,8-11H2,1H3. The fourth-order valence-electron chi connectivity index (χ4n) is 3.51. The van der Waals surface area contributed by atoms with Gasteiger partial charge < -0.3 is 10.2 Å². The van der Waals surface area contributed by atoms with E-state index in [4.69, 9.17) is 0 Å². The summed E-state index contributed by atoms with van der Waals surface area (Å²) in [5.41, 5.74) is 0. The molecule has 7 heteroatoms. The lowest BCUT2D eigenvalue weighted by atomic mass is 10.1. The van der Waals surface area contributed by atoms with Gasteiger partial charge in [0.2, 0.25) is 5.91 Å².